The van der Waals surface area contributed by atoms with Crippen LogP contribution >= 0.6 is 15.9 Å². The van der Waals surface area contributed by atoms with Gasteiger partial charge in [0, 0.05) is 16.2 Å². The molecule has 2 aromatic rings. The first-order valence-corrected chi connectivity index (χ1v) is 8.25. The molecule has 0 fully saturated rings. The molecule has 132 valence electrons. The summed E-state index contributed by atoms with van der Waals surface area (Å²) in [5, 5.41) is 5.22. The van der Waals surface area contributed by atoms with E-state index in [-0.39, 0.29) is 24.7 Å². The summed E-state index contributed by atoms with van der Waals surface area (Å²) in [5.41, 5.74) is 0.806. The highest BCUT2D eigenvalue weighted by Crippen LogP contribution is 2.20. The number of halogens is 3. The number of likely N-dealkylation sites (N-methyl/N-ethyl adjacent to an activating group) is 1. The van der Waals surface area contributed by atoms with Crippen molar-refractivity contribution >= 4 is 39.1 Å². The molecule has 0 saturated carbocycles. The molecule has 0 aromatic heterocycles. The number of hydrogen-bond acceptors (Lipinski definition) is 2. The highest BCUT2D eigenvalue weighted by atomic mass is 79.9. The molecule has 2 rings (SSSR count). The van der Waals surface area contributed by atoms with Gasteiger partial charge in [0.2, 0.25) is 0 Å². The molecule has 0 aliphatic heterocycles. The van der Waals surface area contributed by atoms with Crippen molar-refractivity contribution in [3.8, 4) is 0 Å². The van der Waals surface area contributed by atoms with Gasteiger partial charge in [-0.15, -0.1) is 0 Å². The summed E-state index contributed by atoms with van der Waals surface area (Å²) in [4.78, 5) is 24.6. The topological polar surface area (TPSA) is 62.6 Å². The summed E-state index contributed by atoms with van der Waals surface area (Å²) < 4.78 is 26.7. The van der Waals surface area contributed by atoms with Gasteiger partial charge in [-0.2, -0.15) is 0 Å². The number of quaternary nitrogens is 1. The second-order valence-corrected chi connectivity index (χ2v) is 6.37. The van der Waals surface area contributed by atoms with Gasteiger partial charge in [-0.3, -0.25) is 9.59 Å². The number of benzene rings is 2. The maximum absolute atomic E-state index is 13.1. The summed E-state index contributed by atoms with van der Waals surface area (Å²) in [7, 11) is 1.68. The van der Waals surface area contributed by atoms with Gasteiger partial charge in [-0.1, -0.05) is 12.1 Å². The minimum absolute atomic E-state index is 0.00236. The Balaban J connectivity index is 1.83. The van der Waals surface area contributed by atoms with Gasteiger partial charge in [0.05, 0.1) is 12.7 Å². The highest BCUT2D eigenvalue weighted by molar-refractivity contribution is 9.10. The average Bonchev–Trinajstić information content (AvgIpc) is 2.52. The predicted octanol–water partition coefficient (Wildman–Crippen LogP) is 1.82. The van der Waals surface area contributed by atoms with E-state index in [0.717, 1.165) is 16.6 Å². The van der Waals surface area contributed by atoms with Gasteiger partial charge < -0.3 is 15.5 Å². The first-order valence-electron chi connectivity index (χ1n) is 7.45. The monoisotopic (exact) mass is 412 g/mol. The zero-order valence-corrected chi connectivity index (χ0v) is 15.0. The molecule has 0 radical (unpaired) electrons. The summed E-state index contributed by atoms with van der Waals surface area (Å²) in [5.74, 6) is -2.67. The summed E-state index contributed by atoms with van der Waals surface area (Å²) >= 11 is 3.34. The number of carbonyl (C=O) groups is 2. The zero-order chi connectivity index (χ0) is 18.4. The predicted molar refractivity (Wildman–Crippen MR) is 94.4 cm³/mol. The molecule has 5 nitrogen and oxygen atoms in total. The number of hydrogen-bond donors (Lipinski definition) is 3. The Labute approximate surface area is 152 Å². The zero-order valence-electron chi connectivity index (χ0n) is 13.4. The Morgan fingerprint density at radius 1 is 1.00 bits per heavy atom. The van der Waals surface area contributed by atoms with E-state index in [1.165, 1.54) is 6.07 Å². The van der Waals surface area contributed by atoms with Crippen molar-refractivity contribution in [2.45, 2.75) is 0 Å². The number of carbonyl (C=O) groups excluding carboxylic acids is 2. The normalized spacial score (nSPS) is 11.7. The molecule has 1 unspecified atom stereocenters. The van der Waals surface area contributed by atoms with Crippen LogP contribution < -0.4 is 15.5 Å². The van der Waals surface area contributed by atoms with Gasteiger partial charge in [-0.25, -0.2) is 8.78 Å². The summed E-state index contributed by atoms with van der Waals surface area (Å²) in [6, 6.07) is 10.3. The van der Waals surface area contributed by atoms with Gasteiger partial charge in [0.1, 0.15) is 0 Å². The molecule has 2 aromatic carbocycles. The fourth-order valence-corrected chi connectivity index (χ4v) is 2.53. The smallest absolute Gasteiger partial charge is 0.279 e. The molecule has 0 aliphatic rings. The van der Waals surface area contributed by atoms with E-state index in [1.54, 1.807) is 25.2 Å². The van der Waals surface area contributed by atoms with Crippen molar-refractivity contribution in [3.05, 3.63) is 58.6 Å². The van der Waals surface area contributed by atoms with Crippen LogP contribution in [0.5, 0.6) is 0 Å². The van der Waals surface area contributed by atoms with Crippen LogP contribution in [0.15, 0.2) is 46.9 Å². The Kier molecular flexibility index (Phi) is 6.60. The maximum atomic E-state index is 13.1. The standard InChI is InChI=1S/C17H16BrF2N3O2/c1-23(10-17(25)22-15-5-3-2-4-12(15)18)9-16(24)21-11-6-7-13(19)14(20)8-11/h2-8H,9-10H2,1H3,(H,21,24)(H,22,25)/p+1. The van der Waals surface area contributed by atoms with E-state index in [2.05, 4.69) is 26.6 Å². The molecular weight excluding hydrogens is 396 g/mol. The number of nitrogens with one attached hydrogen (secondary N) is 3. The van der Waals surface area contributed by atoms with Crippen LogP contribution in [0.1, 0.15) is 0 Å². The molecule has 0 bridgehead atoms. The van der Waals surface area contributed by atoms with Crippen LogP contribution in [0, 0.1) is 11.6 Å². The van der Waals surface area contributed by atoms with Gasteiger partial charge in [0.15, 0.2) is 24.7 Å². The average molecular weight is 413 g/mol. The quantitative estimate of drug-likeness (QED) is 0.677. The third-order valence-electron chi connectivity index (χ3n) is 3.28. The third-order valence-corrected chi connectivity index (χ3v) is 3.97. The van der Waals surface area contributed by atoms with E-state index in [1.807, 2.05) is 6.07 Å². The lowest BCUT2D eigenvalue weighted by Crippen LogP contribution is -3.11. The SMILES string of the molecule is C[NH+](CC(=O)Nc1ccc(F)c(F)c1)CC(=O)Nc1ccccc1Br. The molecule has 2 amide bonds. The Bertz CT molecular complexity index is 786. The molecule has 3 N–H and O–H groups in total. The van der Waals surface area contributed by atoms with Gasteiger partial charge >= 0.3 is 0 Å². The van der Waals surface area contributed by atoms with E-state index in [4.69, 9.17) is 0 Å². The van der Waals surface area contributed by atoms with Gasteiger partial charge in [0.25, 0.3) is 11.8 Å². The minimum Gasteiger partial charge on any atom is -0.322 e. The summed E-state index contributed by atoms with van der Waals surface area (Å²) in [6.07, 6.45) is 0. The van der Waals surface area contributed by atoms with E-state index < -0.39 is 17.5 Å². The molecule has 0 spiro atoms. The third kappa shape index (κ3) is 5.91. The number of amides is 2. The molecule has 25 heavy (non-hydrogen) atoms. The van der Waals surface area contributed by atoms with Crippen molar-refractivity contribution in [1.29, 1.82) is 0 Å². The lowest BCUT2D eigenvalue weighted by molar-refractivity contribution is -0.862. The van der Waals surface area contributed by atoms with Gasteiger partial charge in [-0.05, 0) is 40.2 Å². The molecule has 1 atom stereocenters. The highest BCUT2D eigenvalue weighted by Gasteiger charge is 2.15. The van der Waals surface area contributed by atoms with Crippen LogP contribution in [0.25, 0.3) is 0 Å². The number of anilines is 2. The molecule has 8 heteroatoms. The fourth-order valence-electron chi connectivity index (χ4n) is 2.15. The maximum Gasteiger partial charge on any atom is 0.279 e. The van der Waals surface area contributed by atoms with Crippen LogP contribution in [0.2, 0.25) is 0 Å². The summed E-state index contributed by atoms with van der Waals surface area (Å²) in [6.45, 7) is 0.0783. The van der Waals surface area contributed by atoms with Crippen LogP contribution in [0.3, 0.4) is 0 Å². The second-order valence-electron chi connectivity index (χ2n) is 5.52. The van der Waals surface area contributed by atoms with Crippen molar-refractivity contribution in [1.82, 2.24) is 0 Å². The lowest BCUT2D eigenvalue weighted by Gasteiger charge is -2.14. The van der Waals surface area contributed by atoms with Crippen molar-refractivity contribution in [2.75, 3.05) is 30.8 Å². The van der Waals surface area contributed by atoms with E-state index >= 15 is 0 Å². The van der Waals surface area contributed by atoms with Crippen molar-refractivity contribution in [2.24, 2.45) is 0 Å². The van der Waals surface area contributed by atoms with Crippen LogP contribution in [-0.4, -0.2) is 32.0 Å². The molecular formula is C17H17BrF2N3O2+. The largest absolute Gasteiger partial charge is 0.322 e. The molecule has 0 saturated heterocycles. The lowest BCUT2D eigenvalue weighted by atomic mass is 10.3. The van der Waals surface area contributed by atoms with Crippen LogP contribution in [0.4, 0.5) is 20.2 Å². The second kappa shape index (κ2) is 8.68. The Morgan fingerprint density at radius 3 is 2.28 bits per heavy atom. The Hall–Kier alpha value is -2.32. The van der Waals surface area contributed by atoms with Crippen molar-refractivity contribution < 1.29 is 23.3 Å². The number of para-hydroxylation sites is 1. The minimum atomic E-state index is -1.04. The van der Waals surface area contributed by atoms with E-state index in [0.29, 0.717) is 10.6 Å². The molecule has 0 aliphatic carbocycles. The number of rotatable bonds is 6. The van der Waals surface area contributed by atoms with Crippen LogP contribution in [-0.2, 0) is 9.59 Å². The molecule has 0 heterocycles. The Morgan fingerprint density at radius 2 is 1.64 bits per heavy atom. The first kappa shape index (κ1) is 19.0. The first-order chi connectivity index (χ1) is 11.8. The van der Waals surface area contributed by atoms with E-state index in [9.17, 15) is 18.4 Å². The van der Waals surface area contributed by atoms with Crippen molar-refractivity contribution in [3.63, 3.8) is 0 Å². The fraction of sp³-hybridized carbons (Fsp3) is 0.176.